The van der Waals surface area contributed by atoms with Crippen molar-refractivity contribution in [1.29, 1.82) is 0 Å². The minimum atomic E-state index is -3.69. The second kappa shape index (κ2) is 5.28. The number of rotatable bonds is 3. The zero-order valence-corrected chi connectivity index (χ0v) is 15.2. The van der Waals surface area contributed by atoms with E-state index >= 15 is 0 Å². The molecule has 5 nitrogen and oxygen atoms in total. The van der Waals surface area contributed by atoms with E-state index in [4.69, 9.17) is 0 Å². The van der Waals surface area contributed by atoms with E-state index in [-0.39, 0.29) is 6.04 Å². The highest BCUT2D eigenvalue weighted by molar-refractivity contribution is 7.89. The lowest BCUT2D eigenvalue weighted by Gasteiger charge is -2.22. The number of sulfonamides is 1. The van der Waals surface area contributed by atoms with Crippen LogP contribution in [0.5, 0.6) is 0 Å². The highest BCUT2D eigenvalue weighted by atomic mass is 32.2. The summed E-state index contributed by atoms with van der Waals surface area (Å²) in [5.74, 6) is -1.46. The van der Waals surface area contributed by atoms with E-state index in [2.05, 4.69) is 0 Å². The first-order chi connectivity index (χ1) is 11.3. The smallest absolute Gasteiger partial charge is 0.308 e. The lowest BCUT2D eigenvalue weighted by molar-refractivity contribution is -0.142. The Kier molecular flexibility index (Phi) is 3.53. The number of benzene rings is 1. The number of carbonyl (C=O) groups is 1. The summed E-state index contributed by atoms with van der Waals surface area (Å²) in [6, 6.07) is 5.12. The highest BCUT2D eigenvalue weighted by Gasteiger charge is 2.55. The number of fused-ring (bicyclic) bond motifs is 3. The van der Waals surface area contributed by atoms with Crippen molar-refractivity contribution in [3.8, 4) is 0 Å². The standard InChI is InChI=1S/C17H19NO4S2/c1-9-4-3-5-12-15(9)23-10(2)16(12)24(21,22)18-11-6-7-14(18)13(8-11)17(19)20/h3-5,11,13-14H,6-8H2,1-2H3,(H,19,20). The first kappa shape index (κ1) is 16.1. The molecule has 1 aromatic carbocycles. The maximum Gasteiger partial charge on any atom is 0.308 e. The Morgan fingerprint density at radius 1 is 1.29 bits per heavy atom. The number of carboxylic acid groups (broad SMARTS) is 1. The lowest BCUT2D eigenvalue weighted by atomic mass is 9.89. The number of nitrogens with zero attached hydrogens (tertiary/aromatic N) is 1. The van der Waals surface area contributed by atoms with Gasteiger partial charge in [-0.2, -0.15) is 4.31 Å². The summed E-state index contributed by atoms with van der Waals surface area (Å²) in [5, 5.41) is 10.2. The van der Waals surface area contributed by atoms with Crippen molar-refractivity contribution >= 4 is 37.4 Å². The molecule has 1 aromatic heterocycles. The van der Waals surface area contributed by atoms with Gasteiger partial charge in [-0.25, -0.2) is 8.42 Å². The van der Waals surface area contributed by atoms with Crippen LogP contribution < -0.4 is 0 Å². The maximum atomic E-state index is 13.4. The average Bonchev–Trinajstić information content (AvgIpc) is 3.17. The molecule has 1 N–H and O–H groups in total. The van der Waals surface area contributed by atoms with Gasteiger partial charge < -0.3 is 5.11 Å². The molecular weight excluding hydrogens is 346 g/mol. The molecule has 24 heavy (non-hydrogen) atoms. The summed E-state index contributed by atoms with van der Waals surface area (Å²) < 4.78 is 29.3. The molecule has 2 aliphatic heterocycles. The fraction of sp³-hybridized carbons (Fsp3) is 0.471. The Balaban J connectivity index is 1.87. The van der Waals surface area contributed by atoms with Crippen molar-refractivity contribution in [2.45, 2.75) is 50.1 Å². The summed E-state index contributed by atoms with van der Waals surface area (Å²) in [6.07, 6.45) is 1.83. The van der Waals surface area contributed by atoms with Gasteiger partial charge in [-0.1, -0.05) is 18.2 Å². The maximum absolute atomic E-state index is 13.4. The monoisotopic (exact) mass is 365 g/mol. The number of thiophene rings is 1. The highest BCUT2D eigenvalue weighted by Crippen LogP contribution is 2.47. The SMILES string of the molecule is Cc1sc2c(C)cccc2c1S(=O)(=O)N1C2CCC1C(C(=O)O)C2. The van der Waals surface area contributed by atoms with E-state index < -0.39 is 28.0 Å². The summed E-state index contributed by atoms with van der Waals surface area (Å²) in [6.45, 7) is 3.82. The van der Waals surface area contributed by atoms with Gasteiger partial charge in [0.15, 0.2) is 0 Å². The first-order valence-corrected chi connectivity index (χ1v) is 10.3. The van der Waals surface area contributed by atoms with Crippen LogP contribution in [0.3, 0.4) is 0 Å². The zero-order valence-electron chi connectivity index (χ0n) is 13.5. The zero-order chi connectivity index (χ0) is 17.2. The molecule has 3 atom stereocenters. The molecule has 0 spiro atoms. The van der Waals surface area contributed by atoms with Crippen LogP contribution in [0.2, 0.25) is 0 Å². The number of aliphatic carboxylic acids is 1. The normalized spacial score (nSPS) is 27.2. The minimum absolute atomic E-state index is 0.180. The molecule has 0 saturated carbocycles. The summed E-state index contributed by atoms with van der Waals surface area (Å²) in [5.41, 5.74) is 1.06. The average molecular weight is 365 g/mol. The predicted molar refractivity (Wildman–Crippen MR) is 92.9 cm³/mol. The quantitative estimate of drug-likeness (QED) is 0.907. The third-order valence-electron chi connectivity index (χ3n) is 5.36. The molecule has 0 radical (unpaired) electrons. The van der Waals surface area contributed by atoms with E-state index in [0.29, 0.717) is 17.7 Å². The van der Waals surface area contributed by atoms with E-state index in [9.17, 15) is 18.3 Å². The molecule has 2 saturated heterocycles. The Hall–Kier alpha value is -1.44. The van der Waals surface area contributed by atoms with Crippen LogP contribution in [0.1, 0.15) is 29.7 Å². The van der Waals surface area contributed by atoms with Gasteiger partial charge in [0.25, 0.3) is 0 Å². The van der Waals surface area contributed by atoms with E-state index in [1.807, 2.05) is 32.0 Å². The summed E-state index contributed by atoms with van der Waals surface area (Å²) >= 11 is 1.50. The molecule has 2 aromatic rings. The van der Waals surface area contributed by atoms with Gasteiger partial charge in [0.1, 0.15) is 4.90 Å². The number of hydrogen-bond acceptors (Lipinski definition) is 4. The molecule has 3 unspecified atom stereocenters. The van der Waals surface area contributed by atoms with Crippen LogP contribution in [-0.4, -0.2) is 35.9 Å². The van der Waals surface area contributed by atoms with Crippen LogP contribution in [-0.2, 0) is 14.8 Å². The number of carboxylic acids is 1. The van der Waals surface area contributed by atoms with Crippen molar-refractivity contribution in [1.82, 2.24) is 4.31 Å². The number of aryl methyl sites for hydroxylation is 2. The summed E-state index contributed by atoms with van der Waals surface area (Å²) in [4.78, 5) is 12.6. The molecule has 2 aliphatic rings. The van der Waals surface area contributed by atoms with Crippen molar-refractivity contribution in [3.63, 3.8) is 0 Å². The van der Waals surface area contributed by atoms with E-state index in [1.54, 1.807) is 0 Å². The van der Waals surface area contributed by atoms with Crippen LogP contribution >= 0.6 is 11.3 Å². The second-order valence-corrected chi connectivity index (χ2v) is 9.76. The molecule has 3 heterocycles. The largest absolute Gasteiger partial charge is 0.481 e. The predicted octanol–water partition coefficient (Wildman–Crippen LogP) is 3.14. The van der Waals surface area contributed by atoms with Gasteiger partial charge >= 0.3 is 5.97 Å². The summed E-state index contributed by atoms with van der Waals surface area (Å²) in [7, 11) is -3.69. The molecule has 0 aliphatic carbocycles. The second-order valence-electron chi connectivity index (χ2n) is 6.75. The Morgan fingerprint density at radius 3 is 2.71 bits per heavy atom. The van der Waals surface area contributed by atoms with Crippen molar-refractivity contribution in [3.05, 3.63) is 28.6 Å². The molecule has 128 valence electrons. The number of hydrogen-bond donors (Lipinski definition) is 1. The van der Waals surface area contributed by atoms with Gasteiger partial charge in [-0.05, 0) is 38.7 Å². The van der Waals surface area contributed by atoms with Crippen LogP contribution in [0.15, 0.2) is 23.1 Å². The van der Waals surface area contributed by atoms with Crippen molar-refractivity contribution < 1.29 is 18.3 Å². The molecule has 2 bridgehead atoms. The first-order valence-electron chi connectivity index (χ1n) is 8.07. The van der Waals surface area contributed by atoms with Gasteiger partial charge in [-0.15, -0.1) is 11.3 Å². The lowest BCUT2D eigenvalue weighted by Crippen LogP contribution is -2.38. The molecule has 4 rings (SSSR count). The Labute approximate surface area is 145 Å². The minimum Gasteiger partial charge on any atom is -0.481 e. The van der Waals surface area contributed by atoms with E-state index in [1.165, 1.54) is 15.6 Å². The molecule has 2 fully saturated rings. The third-order valence-corrected chi connectivity index (χ3v) is 8.91. The van der Waals surface area contributed by atoms with Crippen LogP contribution in [0.25, 0.3) is 10.1 Å². The molecule has 0 amide bonds. The van der Waals surface area contributed by atoms with Gasteiger partial charge in [0.05, 0.1) is 5.92 Å². The molecular formula is C17H19NO4S2. The van der Waals surface area contributed by atoms with Crippen molar-refractivity contribution in [2.24, 2.45) is 5.92 Å². The third kappa shape index (κ3) is 2.08. The van der Waals surface area contributed by atoms with Crippen LogP contribution in [0, 0.1) is 19.8 Å². The van der Waals surface area contributed by atoms with Gasteiger partial charge in [0, 0.05) is 27.0 Å². The van der Waals surface area contributed by atoms with E-state index in [0.717, 1.165) is 26.9 Å². The van der Waals surface area contributed by atoms with Crippen LogP contribution in [0.4, 0.5) is 0 Å². The topological polar surface area (TPSA) is 74.7 Å². The fourth-order valence-electron chi connectivity index (χ4n) is 4.36. The Morgan fingerprint density at radius 2 is 2.04 bits per heavy atom. The fourth-order valence-corrected chi connectivity index (χ4v) is 8.10. The Bertz CT molecular complexity index is 947. The van der Waals surface area contributed by atoms with Crippen molar-refractivity contribution in [2.75, 3.05) is 0 Å². The van der Waals surface area contributed by atoms with Gasteiger partial charge in [-0.3, -0.25) is 4.79 Å². The molecule has 7 heteroatoms. The van der Waals surface area contributed by atoms with Gasteiger partial charge in [0.2, 0.25) is 10.0 Å².